The van der Waals surface area contributed by atoms with E-state index in [1.807, 2.05) is 37.3 Å². The van der Waals surface area contributed by atoms with Crippen LogP contribution in [0.4, 0.5) is 16.3 Å². The minimum absolute atomic E-state index is 0.0626. The Morgan fingerprint density at radius 3 is 2.32 bits per heavy atom. The molecule has 0 unspecified atom stereocenters. The van der Waals surface area contributed by atoms with E-state index >= 15 is 0 Å². The minimum Gasteiger partial charge on any atom is -0.333 e. The molecular formula is C22H25N5O3S. The van der Waals surface area contributed by atoms with Crippen molar-refractivity contribution < 1.29 is 13.2 Å². The normalized spacial score (nSPS) is 10.9. The number of para-hydroxylation sites is 1. The van der Waals surface area contributed by atoms with Gasteiger partial charge in [0.05, 0.1) is 5.69 Å². The lowest BCUT2D eigenvalue weighted by molar-refractivity contribution is 0.242. The van der Waals surface area contributed by atoms with Crippen molar-refractivity contribution in [3.63, 3.8) is 0 Å². The van der Waals surface area contributed by atoms with Crippen molar-refractivity contribution in [3.05, 3.63) is 84.1 Å². The van der Waals surface area contributed by atoms with Crippen molar-refractivity contribution in [3.8, 4) is 0 Å². The van der Waals surface area contributed by atoms with Crippen LogP contribution >= 0.6 is 0 Å². The van der Waals surface area contributed by atoms with Gasteiger partial charge < -0.3 is 5.32 Å². The van der Waals surface area contributed by atoms with Crippen molar-refractivity contribution in [1.82, 2.24) is 15.7 Å². The van der Waals surface area contributed by atoms with Gasteiger partial charge in [0.1, 0.15) is 10.7 Å². The Labute approximate surface area is 182 Å². The Kier molecular flexibility index (Phi) is 7.09. The van der Waals surface area contributed by atoms with Gasteiger partial charge in [-0.3, -0.25) is 15.2 Å². The molecule has 0 aliphatic heterocycles. The lowest BCUT2D eigenvalue weighted by atomic mass is 10.1. The monoisotopic (exact) mass is 439 g/mol. The molecule has 2 aromatic carbocycles. The number of aryl methyl sites for hydroxylation is 1. The molecule has 0 saturated heterocycles. The summed E-state index contributed by atoms with van der Waals surface area (Å²) in [7, 11) is -3.75. The third-order valence-electron chi connectivity index (χ3n) is 4.53. The second-order valence-electron chi connectivity index (χ2n) is 6.80. The maximum Gasteiger partial charge on any atom is 0.333 e. The fourth-order valence-electron chi connectivity index (χ4n) is 2.87. The molecule has 1 heterocycles. The molecule has 3 rings (SSSR count). The number of pyridine rings is 1. The van der Waals surface area contributed by atoms with Crippen LogP contribution in [0.2, 0.25) is 0 Å². The van der Waals surface area contributed by atoms with Crippen LogP contribution in [0.5, 0.6) is 0 Å². The smallest absolute Gasteiger partial charge is 0.333 e. The van der Waals surface area contributed by atoms with E-state index in [1.165, 1.54) is 22.6 Å². The topological polar surface area (TPSA) is 103 Å². The standard InChI is InChI=1S/C22H25N5O3S/c1-3-27(19-7-5-4-6-8-19)31(29,30)20-13-14-21(23-16-20)25-26-22(28)24-15-18-11-9-17(2)10-12-18/h4-14,16H,3,15H2,1-2H3,(H,23,25)(H2,24,26,28). The number of anilines is 2. The molecular weight excluding hydrogens is 414 g/mol. The number of sulfonamides is 1. The molecule has 0 fully saturated rings. The van der Waals surface area contributed by atoms with Crippen LogP contribution in [0.15, 0.2) is 77.8 Å². The molecule has 0 atom stereocenters. The van der Waals surface area contributed by atoms with Crippen LogP contribution in [-0.2, 0) is 16.6 Å². The summed E-state index contributed by atoms with van der Waals surface area (Å²) in [6.07, 6.45) is 1.26. The number of nitrogens with one attached hydrogen (secondary N) is 3. The lowest BCUT2D eigenvalue weighted by Gasteiger charge is -2.22. The van der Waals surface area contributed by atoms with Gasteiger partial charge in [0.25, 0.3) is 10.0 Å². The van der Waals surface area contributed by atoms with Crippen molar-refractivity contribution in [1.29, 1.82) is 0 Å². The highest BCUT2D eigenvalue weighted by atomic mass is 32.2. The number of amides is 2. The summed E-state index contributed by atoms with van der Waals surface area (Å²) in [5, 5.41) is 2.72. The molecule has 8 nitrogen and oxygen atoms in total. The van der Waals surface area contributed by atoms with Crippen molar-refractivity contribution >= 4 is 27.6 Å². The Balaban J connectivity index is 1.58. The van der Waals surface area contributed by atoms with E-state index in [0.717, 1.165) is 11.1 Å². The van der Waals surface area contributed by atoms with E-state index in [-0.39, 0.29) is 11.4 Å². The van der Waals surface area contributed by atoms with Gasteiger partial charge in [0.2, 0.25) is 0 Å². The van der Waals surface area contributed by atoms with Gasteiger partial charge in [-0.15, -0.1) is 0 Å². The average molecular weight is 440 g/mol. The third kappa shape index (κ3) is 5.73. The first-order valence-corrected chi connectivity index (χ1v) is 11.2. The van der Waals surface area contributed by atoms with Crippen LogP contribution in [0, 0.1) is 6.92 Å². The zero-order chi connectivity index (χ0) is 22.3. The SMILES string of the molecule is CCN(c1ccccc1)S(=O)(=O)c1ccc(NNC(=O)NCc2ccc(C)cc2)nc1. The molecule has 162 valence electrons. The largest absolute Gasteiger partial charge is 0.333 e. The predicted octanol–water partition coefficient (Wildman–Crippen LogP) is 3.43. The van der Waals surface area contributed by atoms with Crippen molar-refractivity contribution in [2.24, 2.45) is 0 Å². The summed E-state index contributed by atoms with van der Waals surface area (Å²) >= 11 is 0. The van der Waals surface area contributed by atoms with Gasteiger partial charge in [-0.2, -0.15) is 0 Å². The van der Waals surface area contributed by atoms with Crippen LogP contribution < -0.4 is 20.5 Å². The number of nitrogens with zero attached hydrogens (tertiary/aromatic N) is 2. The molecule has 31 heavy (non-hydrogen) atoms. The van der Waals surface area contributed by atoms with E-state index in [9.17, 15) is 13.2 Å². The average Bonchev–Trinajstić information content (AvgIpc) is 2.78. The first-order valence-electron chi connectivity index (χ1n) is 9.79. The molecule has 3 aromatic rings. The number of urea groups is 1. The molecule has 3 N–H and O–H groups in total. The Morgan fingerprint density at radius 1 is 1.00 bits per heavy atom. The zero-order valence-corrected chi connectivity index (χ0v) is 18.2. The van der Waals surface area contributed by atoms with Gasteiger partial charge in [-0.25, -0.2) is 18.2 Å². The first-order chi connectivity index (χ1) is 14.9. The molecule has 0 radical (unpaired) electrons. The Bertz CT molecular complexity index is 1100. The zero-order valence-electron chi connectivity index (χ0n) is 17.4. The summed E-state index contributed by atoms with van der Waals surface area (Å²) in [4.78, 5) is 16.1. The fourth-order valence-corrected chi connectivity index (χ4v) is 4.29. The van der Waals surface area contributed by atoms with Gasteiger partial charge in [0.15, 0.2) is 0 Å². The van der Waals surface area contributed by atoms with Gasteiger partial charge in [0, 0.05) is 19.3 Å². The van der Waals surface area contributed by atoms with Crippen molar-refractivity contribution in [2.45, 2.75) is 25.3 Å². The summed E-state index contributed by atoms with van der Waals surface area (Å²) in [6, 6.07) is 19.2. The highest BCUT2D eigenvalue weighted by Gasteiger charge is 2.23. The molecule has 1 aromatic heterocycles. The second kappa shape index (κ2) is 9.94. The quantitative estimate of drug-likeness (QED) is 0.467. The summed E-state index contributed by atoms with van der Waals surface area (Å²) in [6.45, 7) is 4.44. The number of hydrogen-bond acceptors (Lipinski definition) is 5. The molecule has 0 bridgehead atoms. The first kappa shape index (κ1) is 22.1. The highest BCUT2D eigenvalue weighted by Crippen LogP contribution is 2.23. The number of carbonyl (C=O) groups is 1. The number of carbonyl (C=O) groups excluding carboxylic acids is 1. The van der Waals surface area contributed by atoms with Gasteiger partial charge >= 0.3 is 6.03 Å². The molecule has 2 amide bonds. The Morgan fingerprint density at radius 2 is 1.71 bits per heavy atom. The van der Waals surface area contributed by atoms with Crippen LogP contribution in [0.25, 0.3) is 0 Å². The maximum absolute atomic E-state index is 13.0. The highest BCUT2D eigenvalue weighted by molar-refractivity contribution is 7.92. The fraction of sp³-hybridized carbons (Fsp3) is 0.182. The number of benzene rings is 2. The van der Waals surface area contributed by atoms with Crippen LogP contribution in [0.1, 0.15) is 18.1 Å². The summed E-state index contributed by atoms with van der Waals surface area (Å²) in [5.41, 5.74) is 7.85. The minimum atomic E-state index is -3.75. The molecule has 0 aliphatic carbocycles. The van der Waals surface area contributed by atoms with Gasteiger partial charge in [-0.05, 0) is 43.7 Å². The molecule has 9 heteroatoms. The lowest BCUT2D eigenvalue weighted by Crippen LogP contribution is -2.38. The second-order valence-corrected chi connectivity index (χ2v) is 8.67. The predicted molar refractivity (Wildman–Crippen MR) is 121 cm³/mol. The number of hydrogen-bond donors (Lipinski definition) is 3. The molecule has 0 aliphatic rings. The maximum atomic E-state index is 13.0. The Hall–Kier alpha value is -3.59. The number of hydrazine groups is 1. The third-order valence-corrected chi connectivity index (χ3v) is 6.42. The van der Waals surface area contributed by atoms with E-state index in [1.54, 1.807) is 31.2 Å². The van der Waals surface area contributed by atoms with E-state index in [2.05, 4.69) is 21.2 Å². The van der Waals surface area contributed by atoms with E-state index in [0.29, 0.717) is 18.1 Å². The van der Waals surface area contributed by atoms with Crippen LogP contribution in [-0.4, -0.2) is 26.0 Å². The van der Waals surface area contributed by atoms with Crippen molar-refractivity contribution in [2.75, 3.05) is 16.3 Å². The van der Waals surface area contributed by atoms with Crippen LogP contribution in [0.3, 0.4) is 0 Å². The van der Waals surface area contributed by atoms with E-state index < -0.39 is 16.1 Å². The molecule has 0 spiro atoms. The summed E-state index contributed by atoms with van der Waals surface area (Å²) in [5.74, 6) is 0.312. The number of rotatable bonds is 8. The number of aromatic nitrogens is 1. The van der Waals surface area contributed by atoms with Gasteiger partial charge in [-0.1, -0.05) is 48.0 Å². The summed E-state index contributed by atoms with van der Waals surface area (Å²) < 4.78 is 27.2. The molecule has 0 saturated carbocycles. The van der Waals surface area contributed by atoms with E-state index in [4.69, 9.17) is 0 Å².